The van der Waals surface area contributed by atoms with Crippen molar-refractivity contribution in [1.82, 2.24) is 4.90 Å². The van der Waals surface area contributed by atoms with E-state index in [-0.39, 0.29) is 18.2 Å². The lowest BCUT2D eigenvalue weighted by Gasteiger charge is -2.16. The van der Waals surface area contributed by atoms with Crippen LogP contribution in [-0.4, -0.2) is 39.7 Å². The lowest BCUT2D eigenvalue weighted by molar-refractivity contribution is -0.128. The molecule has 3 aromatic rings. The van der Waals surface area contributed by atoms with E-state index in [1.54, 1.807) is 60.4 Å². The van der Waals surface area contributed by atoms with Gasteiger partial charge in [0, 0.05) is 17.1 Å². The highest BCUT2D eigenvalue weighted by Gasteiger charge is 2.39. The number of thioether (sulfide) groups is 1. The summed E-state index contributed by atoms with van der Waals surface area (Å²) in [7, 11) is 0. The molecule has 0 unspecified atom stereocenters. The number of aliphatic imine (C=N–C) groups is 1. The second kappa shape index (κ2) is 11.9. The number of anilines is 1. The third-order valence-electron chi connectivity index (χ3n) is 5.29. The van der Waals surface area contributed by atoms with Crippen molar-refractivity contribution in [3.05, 3.63) is 95.0 Å². The number of carbonyl (C=O) groups excluding carboxylic acids is 3. The molecular formula is C27H24ClN3O4S. The third-order valence-corrected chi connectivity index (χ3v) is 6.70. The smallest absolute Gasteiger partial charge is 0.338 e. The van der Waals surface area contributed by atoms with Gasteiger partial charge in [-0.1, -0.05) is 59.8 Å². The zero-order chi connectivity index (χ0) is 25.5. The molecule has 1 aliphatic heterocycles. The molecule has 3 aromatic carbocycles. The van der Waals surface area contributed by atoms with Crippen molar-refractivity contribution in [3.63, 3.8) is 0 Å². The summed E-state index contributed by atoms with van der Waals surface area (Å²) in [5, 5.41) is 3.18. The normalized spacial score (nSPS) is 16.3. The van der Waals surface area contributed by atoms with Gasteiger partial charge in [-0.2, -0.15) is 0 Å². The van der Waals surface area contributed by atoms with Crippen molar-refractivity contribution in [1.29, 1.82) is 0 Å². The lowest BCUT2D eigenvalue weighted by Crippen LogP contribution is -2.33. The maximum Gasteiger partial charge on any atom is 0.338 e. The topological polar surface area (TPSA) is 88.1 Å². The van der Waals surface area contributed by atoms with Crippen molar-refractivity contribution >= 4 is 57.7 Å². The predicted molar refractivity (Wildman–Crippen MR) is 143 cm³/mol. The minimum absolute atomic E-state index is 0.0118. The Labute approximate surface area is 218 Å². The molecule has 7 nitrogen and oxygen atoms in total. The second-order valence-corrected chi connectivity index (χ2v) is 9.55. The van der Waals surface area contributed by atoms with E-state index < -0.39 is 11.2 Å². The highest BCUT2D eigenvalue weighted by atomic mass is 35.5. The average Bonchev–Trinajstić information content (AvgIpc) is 3.14. The van der Waals surface area contributed by atoms with Crippen LogP contribution in [0.3, 0.4) is 0 Å². The molecule has 184 valence electrons. The van der Waals surface area contributed by atoms with Gasteiger partial charge < -0.3 is 10.1 Å². The maximum absolute atomic E-state index is 13.3. The zero-order valence-electron chi connectivity index (χ0n) is 19.5. The standard InChI is InChI=1S/C27H24ClN3O4S/c1-2-35-26(34)19-11-13-21(14-12-19)30-27-31(17-18-7-4-3-5-8-18)25(33)23(36-27)16-24(32)29-22-10-6-9-20(28)15-22/h3-15,23H,2,16-17H2,1H3,(H,29,32)/t23-/m0/s1. The van der Waals surface area contributed by atoms with Gasteiger partial charge in [-0.05, 0) is 55.0 Å². The van der Waals surface area contributed by atoms with E-state index in [0.717, 1.165) is 5.56 Å². The summed E-state index contributed by atoms with van der Waals surface area (Å²) in [5.41, 5.74) is 2.52. The molecule has 36 heavy (non-hydrogen) atoms. The molecule has 1 heterocycles. The molecule has 2 amide bonds. The minimum Gasteiger partial charge on any atom is -0.462 e. The summed E-state index contributed by atoms with van der Waals surface area (Å²) in [6.45, 7) is 2.38. The number of benzene rings is 3. The SMILES string of the molecule is CCOC(=O)c1ccc(N=C2S[C@@H](CC(=O)Nc3cccc(Cl)c3)C(=O)N2Cc2ccccc2)cc1. The first-order valence-electron chi connectivity index (χ1n) is 11.4. The van der Waals surface area contributed by atoms with E-state index in [9.17, 15) is 14.4 Å². The first-order chi connectivity index (χ1) is 17.4. The van der Waals surface area contributed by atoms with Crippen LogP contribution in [0.1, 0.15) is 29.3 Å². The summed E-state index contributed by atoms with van der Waals surface area (Å²) < 4.78 is 5.02. The molecule has 4 rings (SSSR count). The fourth-order valence-electron chi connectivity index (χ4n) is 3.58. The highest BCUT2D eigenvalue weighted by Crippen LogP contribution is 2.33. The number of halogens is 1. The van der Waals surface area contributed by atoms with Crippen LogP contribution in [-0.2, 0) is 20.9 Å². The van der Waals surface area contributed by atoms with Crippen LogP contribution >= 0.6 is 23.4 Å². The van der Waals surface area contributed by atoms with Gasteiger partial charge in [-0.3, -0.25) is 14.5 Å². The van der Waals surface area contributed by atoms with Gasteiger partial charge >= 0.3 is 5.97 Å². The van der Waals surface area contributed by atoms with E-state index >= 15 is 0 Å². The van der Waals surface area contributed by atoms with Gasteiger partial charge in [0.25, 0.3) is 0 Å². The molecular weight excluding hydrogens is 498 g/mol. The Hall–Kier alpha value is -3.62. The van der Waals surface area contributed by atoms with Crippen LogP contribution in [0.4, 0.5) is 11.4 Å². The van der Waals surface area contributed by atoms with Gasteiger partial charge in [0.15, 0.2) is 5.17 Å². The Morgan fingerprint density at radius 1 is 1.06 bits per heavy atom. The molecule has 1 N–H and O–H groups in total. The van der Waals surface area contributed by atoms with E-state index in [2.05, 4.69) is 10.3 Å². The Balaban J connectivity index is 1.53. The quantitative estimate of drug-likeness (QED) is 0.385. The lowest BCUT2D eigenvalue weighted by atomic mass is 10.2. The van der Waals surface area contributed by atoms with Crippen LogP contribution < -0.4 is 5.32 Å². The first-order valence-corrected chi connectivity index (χ1v) is 12.6. The summed E-state index contributed by atoms with van der Waals surface area (Å²) in [4.78, 5) is 44.2. The Bertz CT molecular complexity index is 1280. The Morgan fingerprint density at radius 3 is 2.50 bits per heavy atom. The predicted octanol–water partition coefficient (Wildman–Crippen LogP) is 5.68. The molecule has 1 fully saturated rings. The van der Waals surface area contributed by atoms with Crippen molar-refractivity contribution in [3.8, 4) is 0 Å². The van der Waals surface area contributed by atoms with Gasteiger partial charge in [0.1, 0.15) is 5.25 Å². The molecule has 0 bridgehead atoms. The van der Waals surface area contributed by atoms with Gasteiger partial charge in [0.05, 0.1) is 24.4 Å². The molecule has 0 aromatic heterocycles. The van der Waals surface area contributed by atoms with Crippen LogP contribution in [0.25, 0.3) is 0 Å². The number of ether oxygens (including phenoxy) is 1. The van der Waals surface area contributed by atoms with E-state index in [4.69, 9.17) is 16.3 Å². The van der Waals surface area contributed by atoms with Crippen molar-refractivity contribution in [2.24, 2.45) is 4.99 Å². The number of hydrogen-bond donors (Lipinski definition) is 1. The number of carbonyl (C=O) groups is 3. The Morgan fingerprint density at radius 2 is 1.81 bits per heavy atom. The van der Waals surface area contributed by atoms with Gasteiger partial charge in [-0.15, -0.1) is 0 Å². The summed E-state index contributed by atoms with van der Waals surface area (Å²) in [6.07, 6.45) is -0.0118. The molecule has 1 aliphatic rings. The first kappa shape index (κ1) is 25.5. The van der Waals surface area contributed by atoms with Crippen molar-refractivity contribution in [2.75, 3.05) is 11.9 Å². The number of amides is 2. The third kappa shape index (κ3) is 6.53. The number of rotatable bonds is 8. The molecule has 0 radical (unpaired) electrons. The monoisotopic (exact) mass is 521 g/mol. The number of esters is 1. The number of nitrogens with zero attached hydrogens (tertiary/aromatic N) is 2. The Kier molecular flexibility index (Phi) is 8.40. The van der Waals surface area contributed by atoms with Gasteiger partial charge in [-0.25, -0.2) is 9.79 Å². The van der Waals surface area contributed by atoms with E-state index in [0.29, 0.717) is 40.3 Å². The largest absolute Gasteiger partial charge is 0.462 e. The zero-order valence-corrected chi connectivity index (χ0v) is 21.1. The van der Waals surface area contributed by atoms with Crippen molar-refractivity contribution in [2.45, 2.75) is 25.1 Å². The summed E-state index contributed by atoms with van der Waals surface area (Å²) in [6, 6.07) is 23.1. The van der Waals surface area contributed by atoms with Gasteiger partial charge in [0.2, 0.25) is 11.8 Å². The maximum atomic E-state index is 13.3. The van der Waals surface area contributed by atoms with Crippen LogP contribution in [0.5, 0.6) is 0 Å². The number of amidine groups is 1. The molecule has 9 heteroatoms. The highest BCUT2D eigenvalue weighted by molar-refractivity contribution is 8.15. The molecule has 1 atom stereocenters. The summed E-state index contributed by atoms with van der Waals surface area (Å²) in [5.74, 6) is -0.881. The number of hydrogen-bond acceptors (Lipinski definition) is 6. The molecule has 1 saturated heterocycles. The van der Waals surface area contributed by atoms with Crippen LogP contribution in [0.15, 0.2) is 83.9 Å². The second-order valence-electron chi connectivity index (χ2n) is 7.94. The fraction of sp³-hybridized carbons (Fsp3) is 0.185. The van der Waals surface area contributed by atoms with Crippen LogP contribution in [0.2, 0.25) is 5.02 Å². The van der Waals surface area contributed by atoms with Crippen LogP contribution in [0, 0.1) is 0 Å². The van der Waals surface area contributed by atoms with E-state index in [1.807, 2.05) is 30.3 Å². The summed E-state index contributed by atoms with van der Waals surface area (Å²) >= 11 is 7.25. The molecule has 0 aliphatic carbocycles. The molecule has 0 spiro atoms. The van der Waals surface area contributed by atoms with Crippen molar-refractivity contribution < 1.29 is 19.1 Å². The fourth-order valence-corrected chi connectivity index (χ4v) is 4.93. The number of nitrogens with one attached hydrogen (secondary N) is 1. The average molecular weight is 522 g/mol. The molecule has 0 saturated carbocycles. The minimum atomic E-state index is -0.620. The van der Waals surface area contributed by atoms with E-state index in [1.165, 1.54) is 11.8 Å².